The maximum atomic E-state index is 13.4. The first-order chi connectivity index (χ1) is 18.2. The molecule has 0 spiro atoms. The molecule has 1 heterocycles. The minimum Gasteiger partial charge on any atom is -0.390 e. The van der Waals surface area contributed by atoms with E-state index in [9.17, 15) is 19.5 Å². The van der Waals surface area contributed by atoms with Crippen LogP contribution in [0.1, 0.15) is 59.9 Å². The van der Waals surface area contributed by atoms with Crippen molar-refractivity contribution in [3.63, 3.8) is 0 Å². The Morgan fingerprint density at radius 1 is 1.00 bits per heavy atom. The number of amides is 3. The Balaban J connectivity index is 1.72. The van der Waals surface area contributed by atoms with Gasteiger partial charge in [-0.1, -0.05) is 84.0 Å². The number of fused-ring (bicyclic) bond motifs is 1. The van der Waals surface area contributed by atoms with E-state index >= 15 is 0 Å². The van der Waals surface area contributed by atoms with Crippen molar-refractivity contribution in [3.8, 4) is 0 Å². The lowest BCUT2D eigenvalue weighted by Crippen LogP contribution is -2.55. The highest BCUT2D eigenvalue weighted by atomic mass is 16.3. The SMILES string of the molecule is CC(C)(C)CNC[C@H](O)CNC(=O)[C@@H](Cc1ccc2ccccc2c1)NC(=O)[C@@H]1CCCN1C(=O)C(C)(C)C. The quantitative estimate of drug-likeness (QED) is 0.372. The van der Waals surface area contributed by atoms with Crippen molar-refractivity contribution in [1.82, 2.24) is 20.9 Å². The third kappa shape index (κ3) is 9.04. The summed E-state index contributed by atoms with van der Waals surface area (Å²) in [5.74, 6) is -0.752. The molecular formula is C31H46N4O4. The van der Waals surface area contributed by atoms with Gasteiger partial charge in [-0.15, -0.1) is 0 Å². The summed E-state index contributed by atoms with van der Waals surface area (Å²) >= 11 is 0. The van der Waals surface area contributed by atoms with Crippen molar-refractivity contribution in [2.24, 2.45) is 10.8 Å². The number of hydrogen-bond acceptors (Lipinski definition) is 5. The summed E-state index contributed by atoms with van der Waals surface area (Å²) in [7, 11) is 0. The Bertz CT molecular complexity index is 1150. The number of carbonyl (C=O) groups is 3. The molecule has 0 aliphatic carbocycles. The number of nitrogens with zero attached hydrogens (tertiary/aromatic N) is 1. The Morgan fingerprint density at radius 2 is 1.69 bits per heavy atom. The maximum absolute atomic E-state index is 13.4. The molecule has 0 aromatic heterocycles. The van der Waals surface area contributed by atoms with Crippen LogP contribution >= 0.6 is 0 Å². The molecule has 3 amide bonds. The summed E-state index contributed by atoms with van der Waals surface area (Å²) in [5.41, 5.74) is 0.401. The highest BCUT2D eigenvalue weighted by molar-refractivity contribution is 5.93. The summed E-state index contributed by atoms with van der Waals surface area (Å²) in [5, 5.41) is 21.5. The number of carbonyl (C=O) groups excluding carboxylic acids is 3. The number of benzene rings is 2. The maximum Gasteiger partial charge on any atom is 0.243 e. The molecule has 3 rings (SSSR count). The third-order valence-electron chi connectivity index (χ3n) is 6.89. The minimum atomic E-state index is -0.847. The minimum absolute atomic E-state index is 0.0676. The van der Waals surface area contributed by atoms with Crippen LogP contribution in [0.5, 0.6) is 0 Å². The first kappa shape index (κ1) is 30.6. The third-order valence-corrected chi connectivity index (χ3v) is 6.89. The lowest BCUT2D eigenvalue weighted by Gasteiger charge is -2.31. The summed E-state index contributed by atoms with van der Waals surface area (Å²) < 4.78 is 0. The first-order valence-electron chi connectivity index (χ1n) is 14.0. The van der Waals surface area contributed by atoms with Crippen LogP contribution in [0.15, 0.2) is 42.5 Å². The smallest absolute Gasteiger partial charge is 0.243 e. The topological polar surface area (TPSA) is 111 Å². The summed E-state index contributed by atoms with van der Waals surface area (Å²) in [6, 6.07) is 12.5. The fourth-order valence-electron chi connectivity index (χ4n) is 4.82. The molecule has 0 saturated carbocycles. The molecule has 2 aromatic carbocycles. The van der Waals surface area contributed by atoms with Gasteiger partial charge < -0.3 is 26.0 Å². The molecule has 1 fully saturated rings. The van der Waals surface area contributed by atoms with Crippen LogP contribution in [0.2, 0.25) is 0 Å². The van der Waals surface area contributed by atoms with Crippen LogP contribution in [-0.2, 0) is 20.8 Å². The van der Waals surface area contributed by atoms with Gasteiger partial charge in [-0.05, 0) is 34.6 Å². The van der Waals surface area contributed by atoms with Crippen LogP contribution in [0, 0.1) is 10.8 Å². The molecule has 3 atom stereocenters. The van der Waals surface area contributed by atoms with E-state index < -0.39 is 23.6 Å². The number of aliphatic hydroxyl groups is 1. The Morgan fingerprint density at radius 3 is 2.36 bits per heavy atom. The standard InChI is InChI=1S/C31H46N4O4/c1-30(2,3)20-32-18-24(36)19-33-27(37)25(17-21-13-14-22-10-7-8-11-23(22)16-21)34-28(38)26-12-9-15-35(26)29(39)31(4,5)6/h7-8,10-11,13-14,16,24-26,32,36H,9,12,15,17-20H2,1-6H3,(H,33,37)(H,34,38)/t24-,25+,26-/m0/s1. The van der Waals surface area contributed by atoms with Gasteiger partial charge in [-0.2, -0.15) is 0 Å². The highest BCUT2D eigenvalue weighted by Crippen LogP contribution is 2.26. The van der Waals surface area contributed by atoms with Gasteiger partial charge in [0.2, 0.25) is 17.7 Å². The van der Waals surface area contributed by atoms with Gasteiger partial charge in [0.05, 0.1) is 6.10 Å². The van der Waals surface area contributed by atoms with Crippen LogP contribution in [0.25, 0.3) is 10.8 Å². The molecular weight excluding hydrogens is 492 g/mol. The predicted molar refractivity (Wildman–Crippen MR) is 155 cm³/mol. The Kier molecular flexibility index (Phi) is 10.1. The number of likely N-dealkylation sites (tertiary alicyclic amines) is 1. The zero-order valence-corrected chi connectivity index (χ0v) is 24.3. The van der Waals surface area contributed by atoms with E-state index in [0.29, 0.717) is 25.9 Å². The molecule has 1 saturated heterocycles. The largest absolute Gasteiger partial charge is 0.390 e. The van der Waals surface area contributed by atoms with E-state index in [1.165, 1.54) is 0 Å². The normalized spacial score (nSPS) is 17.6. The molecule has 4 N–H and O–H groups in total. The zero-order valence-electron chi connectivity index (χ0n) is 24.3. The number of aliphatic hydroxyl groups excluding tert-OH is 1. The van der Waals surface area contributed by atoms with E-state index in [4.69, 9.17) is 0 Å². The highest BCUT2D eigenvalue weighted by Gasteiger charge is 2.39. The van der Waals surface area contributed by atoms with Gasteiger partial charge >= 0.3 is 0 Å². The van der Waals surface area contributed by atoms with Crippen molar-refractivity contribution in [2.45, 2.75) is 79.0 Å². The van der Waals surface area contributed by atoms with Crippen LogP contribution in [-0.4, -0.2) is 72.1 Å². The van der Waals surface area contributed by atoms with Crippen LogP contribution in [0.4, 0.5) is 0 Å². The number of rotatable bonds is 10. The average molecular weight is 539 g/mol. The molecule has 8 nitrogen and oxygen atoms in total. The van der Waals surface area contributed by atoms with Crippen molar-refractivity contribution in [1.29, 1.82) is 0 Å². The molecule has 1 aliphatic heterocycles. The fourth-order valence-corrected chi connectivity index (χ4v) is 4.82. The van der Waals surface area contributed by atoms with Crippen LogP contribution in [0.3, 0.4) is 0 Å². The van der Waals surface area contributed by atoms with Crippen molar-refractivity contribution < 1.29 is 19.5 Å². The molecule has 39 heavy (non-hydrogen) atoms. The van der Waals surface area contributed by atoms with Crippen molar-refractivity contribution >= 4 is 28.5 Å². The lowest BCUT2D eigenvalue weighted by molar-refractivity contribution is -0.145. The summed E-state index contributed by atoms with van der Waals surface area (Å²) in [6.45, 7) is 13.6. The van der Waals surface area contributed by atoms with E-state index in [1.807, 2.05) is 63.2 Å². The summed E-state index contributed by atoms with van der Waals surface area (Å²) in [6.07, 6.45) is 0.842. The Hall–Kier alpha value is -2.97. The molecule has 214 valence electrons. The number of hydrogen-bond donors (Lipinski definition) is 4. The van der Waals surface area contributed by atoms with Gasteiger partial charge in [0, 0.05) is 38.0 Å². The van der Waals surface area contributed by atoms with Gasteiger partial charge in [0.25, 0.3) is 0 Å². The molecule has 0 unspecified atom stereocenters. The van der Waals surface area contributed by atoms with E-state index in [2.05, 4.69) is 36.7 Å². The molecule has 0 bridgehead atoms. The number of nitrogens with one attached hydrogen (secondary N) is 3. The van der Waals surface area contributed by atoms with Crippen molar-refractivity contribution in [3.05, 3.63) is 48.0 Å². The second-order valence-electron chi connectivity index (χ2n) is 12.9. The second kappa shape index (κ2) is 12.9. The van der Waals surface area contributed by atoms with E-state index in [0.717, 1.165) is 29.3 Å². The van der Waals surface area contributed by atoms with E-state index in [-0.39, 0.29) is 29.7 Å². The Labute approximate surface area is 232 Å². The lowest BCUT2D eigenvalue weighted by atomic mass is 9.94. The van der Waals surface area contributed by atoms with Gasteiger partial charge in [0.1, 0.15) is 12.1 Å². The molecule has 8 heteroatoms. The zero-order chi connectivity index (χ0) is 28.8. The first-order valence-corrected chi connectivity index (χ1v) is 14.0. The molecule has 2 aromatic rings. The average Bonchev–Trinajstić information content (AvgIpc) is 3.35. The molecule has 1 aliphatic rings. The van der Waals surface area contributed by atoms with Crippen LogP contribution < -0.4 is 16.0 Å². The van der Waals surface area contributed by atoms with Gasteiger partial charge in [-0.3, -0.25) is 14.4 Å². The predicted octanol–water partition coefficient (Wildman–Crippen LogP) is 3.02. The van der Waals surface area contributed by atoms with Gasteiger partial charge in [-0.25, -0.2) is 0 Å². The summed E-state index contributed by atoms with van der Waals surface area (Å²) in [4.78, 5) is 41.4. The fraction of sp³-hybridized carbons (Fsp3) is 0.581. The van der Waals surface area contributed by atoms with Gasteiger partial charge in [0.15, 0.2) is 0 Å². The second-order valence-corrected chi connectivity index (χ2v) is 12.9. The monoisotopic (exact) mass is 538 g/mol. The van der Waals surface area contributed by atoms with Crippen molar-refractivity contribution in [2.75, 3.05) is 26.2 Å². The molecule has 0 radical (unpaired) electrons. The van der Waals surface area contributed by atoms with E-state index in [1.54, 1.807) is 4.90 Å².